The van der Waals surface area contributed by atoms with Crippen molar-refractivity contribution >= 4 is 59.3 Å². The largest absolute Gasteiger partial charge is 0.549 e. The van der Waals surface area contributed by atoms with Crippen LogP contribution in [0.25, 0.3) is 0 Å². The number of hydrogen-bond donors (Lipinski definition) is 8. The molecule has 0 radical (unpaired) electrons. The number of aliphatic carboxylic acids is 3. The van der Waals surface area contributed by atoms with Crippen LogP contribution in [0.4, 0.5) is 0 Å². The van der Waals surface area contributed by atoms with Gasteiger partial charge >= 0.3 is 0 Å². The normalized spacial score (nSPS) is 17.2. The minimum atomic E-state index is -1.43. The summed E-state index contributed by atoms with van der Waals surface area (Å²) in [5.74, 6) is -9.49. The topological polar surface area (TPSA) is 413 Å². The average molecular weight is 1330 g/mol. The second-order valence-electron chi connectivity index (χ2n) is 22.0. The molecule has 0 spiro atoms. The number of carboxylic acids is 3. The quantitative estimate of drug-likeness (QED) is 0.0305. The molecule has 0 aliphatic carbocycles. The zero-order valence-corrected chi connectivity index (χ0v) is 51.4. The fourth-order valence-electron chi connectivity index (χ4n) is 10.0. The van der Waals surface area contributed by atoms with E-state index in [4.69, 9.17) is 21.9 Å². The molecule has 474 valence electrons. The zero-order valence-electron chi connectivity index (χ0n) is 49.2. The number of carboxylic acid groups (broad SMARTS) is 3. The smallest absolute Gasteiger partial charge is 0.258 e. The van der Waals surface area contributed by atoms with E-state index in [1.165, 1.54) is 31.7 Å². The number of ether oxygens (including phenoxy) is 1. The minimum Gasteiger partial charge on any atom is -0.549 e. The van der Waals surface area contributed by atoms with Crippen LogP contribution in [0.5, 0.6) is 5.75 Å². The average Bonchev–Trinajstić information content (AvgIpc) is 3.76. The van der Waals surface area contributed by atoms with Gasteiger partial charge in [-0.05, 0) is 100 Å². The Bertz CT molecular complexity index is 2530. The summed E-state index contributed by atoms with van der Waals surface area (Å²) in [6, 6.07) is 5.25. The van der Waals surface area contributed by atoms with Crippen LogP contribution in [0.3, 0.4) is 0 Å². The van der Waals surface area contributed by atoms with Gasteiger partial charge in [0.25, 0.3) is 5.91 Å². The van der Waals surface area contributed by atoms with Gasteiger partial charge < -0.3 is 83.1 Å². The summed E-state index contributed by atoms with van der Waals surface area (Å²) >= 11 is 0. The number of rotatable bonds is 34. The Labute approximate surface area is 529 Å². The van der Waals surface area contributed by atoms with Crippen LogP contribution < -0.4 is 63.8 Å². The van der Waals surface area contributed by atoms with Crippen molar-refractivity contribution in [2.75, 3.05) is 72.1 Å². The number of hydrogen-bond acceptors (Lipinski definition) is 20. The van der Waals surface area contributed by atoms with E-state index in [1.807, 2.05) is 26.8 Å². The number of primary amides is 1. The van der Waals surface area contributed by atoms with E-state index >= 15 is 0 Å². The molecule has 0 saturated carbocycles. The van der Waals surface area contributed by atoms with Crippen LogP contribution in [0.1, 0.15) is 109 Å². The van der Waals surface area contributed by atoms with Gasteiger partial charge in [0.05, 0.1) is 29.3 Å². The molecule has 11 N–H and O–H groups in total. The molecule has 2 aliphatic heterocycles. The Kier molecular flexibility index (Phi) is 32.9. The fourth-order valence-corrected chi connectivity index (χ4v) is 10.0. The number of benzene rings is 1. The summed E-state index contributed by atoms with van der Waals surface area (Å²) in [6.45, 7) is 5.81. The molecule has 1 saturated heterocycles. The zero-order chi connectivity index (χ0) is 61.9. The molecule has 7 atom stereocenters. The molecule has 2 aromatic rings. The van der Waals surface area contributed by atoms with Crippen LogP contribution in [-0.2, 0) is 67.5 Å². The molecule has 7 amide bonds. The molecular weight excluding hydrogens is 1250 g/mol. The third-order valence-electron chi connectivity index (χ3n) is 14.7. The van der Waals surface area contributed by atoms with Crippen molar-refractivity contribution < 1.29 is 108 Å². The Balaban J connectivity index is 0.0000189. The van der Waals surface area contributed by atoms with Crippen LogP contribution in [0.2, 0.25) is 0 Å². The maximum absolute atomic E-state index is 14.5. The van der Waals surface area contributed by atoms with E-state index < -0.39 is 128 Å². The Morgan fingerprint density at radius 1 is 0.659 bits per heavy atom. The number of amides is 7. The summed E-state index contributed by atoms with van der Waals surface area (Å²) in [5.41, 5.74) is 18.6. The van der Waals surface area contributed by atoms with Gasteiger partial charge in [0.2, 0.25) is 35.4 Å². The SMILES string of the molecule is CC[C@H](C)[C@H](NC(=O)[C@H](CC(C)C)NC(=O)COc1ccc2nc1CN(CC(=O)[O-])CCN(CC(=O)[O-])CCN(CC(=O)[O-])C2)C(=O)N[C@@H](CCCCN)C(=O)N[C@@H](CCCCN)C(=O)N1CCC[C@H]1C(=O)N[C@@H](Cc1ccccc1)C(N)=O.[Gd]. The van der Waals surface area contributed by atoms with E-state index in [1.54, 1.807) is 31.2 Å². The van der Waals surface area contributed by atoms with E-state index in [2.05, 4.69) is 31.6 Å². The number of carbonyl (C=O) groups is 10. The van der Waals surface area contributed by atoms with Crippen molar-refractivity contribution in [3.05, 3.63) is 59.4 Å². The number of nitrogens with one attached hydrogen (secondary N) is 5. The first-order valence-electron chi connectivity index (χ1n) is 28.9. The van der Waals surface area contributed by atoms with Crippen LogP contribution in [-0.4, -0.2) is 192 Å². The molecule has 1 aromatic heterocycles. The molecule has 85 heavy (non-hydrogen) atoms. The van der Waals surface area contributed by atoms with Crippen molar-refractivity contribution in [2.24, 2.45) is 29.0 Å². The summed E-state index contributed by atoms with van der Waals surface area (Å²) in [7, 11) is 0. The van der Waals surface area contributed by atoms with Crippen LogP contribution >= 0.6 is 0 Å². The summed E-state index contributed by atoms with van der Waals surface area (Å²) in [4.78, 5) is 143. The molecule has 1 fully saturated rings. The molecule has 0 unspecified atom stereocenters. The molecule has 2 bridgehead atoms. The summed E-state index contributed by atoms with van der Waals surface area (Å²) < 4.78 is 5.96. The van der Waals surface area contributed by atoms with Crippen molar-refractivity contribution in [1.82, 2.24) is 51.2 Å². The van der Waals surface area contributed by atoms with Gasteiger partial charge in [-0.3, -0.25) is 53.2 Å². The van der Waals surface area contributed by atoms with Gasteiger partial charge in [0.15, 0.2) is 6.61 Å². The maximum atomic E-state index is 14.5. The molecule has 1 aromatic carbocycles. The molecule has 2 aliphatic rings. The summed E-state index contributed by atoms with van der Waals surface area (Å²) in [6.07, 6.45) is 3.54. The van der Waals surface area contributed by atoms with Gasteiger partial charge in [0, 0.05) is 112 Å². The number of pyridine rings is 1. The van der Waals surface area contributed by atoms with Crippen molar-refractivity contribution in [3.63, 3.8) is 0 Å². The van der Waals surface area contributed by atoms with E-state index in [0.29, 0.717) is 57.2 Å². The predicted molar refractivity (Wildman–Crippen MR) is 300 cm³/mol. The predicted octanol–water partition coefficient (Wildman–Crippen LogP) is -4.88. The Hall–Kier alpha value is -6.01. The Morgan fingerprint density at radius 2 is 1.22 bits per heavy atom. The molecule has 28 heteroatoms. The second kappa shape index (κ2) is 38.2. The van der Waals surface area contributed by atoms with Gasteiger partial charge in [-0.15, -0.1) is 0 Å². The number of fused-ring (bicyclic) bond motifs is 2. The monoisotopic (exact) mass is 1330 g/mol. The first-order valence-corrected chi connectivity index (χ1v) is 28.9. The fraction of sp³-hybridized carbons (Fsp3) is 0.632. The van der Waals surface area contributed by atoms with E-state index in [0.717, 1.165) is 5.56 Å². The first-order chi connectivity index (χ1) is 40.0. The van der Waals surface area contributed by atoms with Crippen molar-refractivity contribution in [2.45, 2.75) is 148 Å². The first kappa shape index (κ1) is 73.3. The van der Waals surface area contributed by atoms with E-state index in [-0.39, 0.29) is 135 Å². The third kappa shape index (κ3) is 25.9. The molecule has 27 nitrogen and oxygen atoms in total. The van der Waals surface area contributed by atoms with Gasteiger partial charge in [-0.2, -0.15) is 0 Å². The van der Waals surface area contributed by atoms with Crippen LogP contribution in [0, 0.1) is 51.8 Å². The summed E-state index contributed by atoms with van der Waals surface area (Å²) in [5, 5.41) is 49.0. The molecule has 3 heterocycles. The van der Waals surface area contributed by atoms with E-state index in [9.17, 15) is 63.3 Å². The van der Waals surface area contributed by atoms with Gasteiger partial charge in [-0.25, -0.2) is 0 Å². The van der Waals surface area contributed by atoms with Crippen molar-refractivity contribution in [3.8, 4) is 5.75 Å². The van der Waals surface area contributed by atoms with Crippen LogP contribution in [0.15, 0.2) is 42.5 Å². The van der Waals surface area contributed by atoms with Crippen molar-refractivity contribution in [1.29, 1.82) is 0 Å². The Morgan fingerprint density at radius 3 is 1.80 bits per heavy atom. The number of carbonyl (C=O) groups excluding carboxylic acids is 10. The standard InChI is InChI=1S/C57H89N13O14.Gd/c1-5-37(4)51(56(82)63-40(16-9-11-21-58)53(79)64-41(17-10-12-22-59)57(83)70-23-13-18-45(70)55(81)65-42(52(60)78)29-38-14-7-6-8-15-38)66-54(80)43(28-36(2)3)62-47(71)35-84-46-20-19-39-30-68(33-49(74)75)26-24-67(32-48(72)73)25-27-69(34-50(76)77)31-44(46)61-39;/h6-8,14-15,19-20,36-37,40-43,45,51H,5,9-13,16-18,21-35,58-59H2,1-4H3,(H2,60,78)(H,62,71)(H,63,82)(H,64,79)(H,65,81)(H,66,80)(H,72,73)(H,74,75)(H,76,77);/p-3/t37-,40-,41-,42-,43-,45-,51-;/m0./s1. The number of likely N-dealkylation sites (tertiary alicyclic amines) is 1. The minimum absolute atomic E-state index is 0. The molecular formula is C57H86GdN13O14-3. The maximum Gasteiger partial charge on any atom is 0.258 e. The number of unbranched alkanes of at least 4 members (excludes halogenated alkanes) is 2. The third-order valence-corrected chi connectivity index (χ3v) is 14.7. The molecule has 4 rings (SSSR count). The number of nitrogens with zero attached hydrogens (tertiary/aromatic N) is 5. The number of aromatic nitrogens is 1. The second-order valence-corrected chi connectivity index (χ2v) is 22.0. The van der Waals surface area contributed by atoms with Gasteiger partial charge in [-0.1, -0.05) is 64.4 Å². The van der Waals surface area contributed by atoms with Gasteiger partial charge in [0.1, 0.15) is 42.0 Å². The number of nitrogens with two attached hydrogens (primary N) is 3.